The molecule has 0 bridgehead atoms. The maximum atomic E-state index is 11.8. The van der Waals surface area contributed by atoms with Crippen LogP contribution in [0.15, 0.2) is 36.5 Å². The fourth-order valence-corrected chi connectivity index (χ4v) is 1.62. The number of rotatable bonds is 3. The van der Waals surface area contributed by atoms with Gasteiger partial charge in [-0.2, -0.15) is 0 Å². The molecule has 0 radical (unpaired) electrons. The van der Waals surface area contributed by atoms with Gasteiger partial charge in [-0.05, 0) is 30.3 Å². The molecule has 0 fully saturated rings. The summed E-state index contributed by atoms with van der Waals surface area (Å²) < 4.78 is 1.91. The number of nitrogens with one attached hydrogen (secondary N) is 1. The molecule has 0 aliphatic heterocycles. The van der Waals surface area contributed by atoms with E-state index in [9.17, 15) is 9.90 Å². The molecule has 18 heavy (non-hydrogen) atoms. The van der Waals surface area contributed by atoms with Crippen molar-refractivity contribution in [1.29, 1.82) is 0 Å². The fraction of sp³-hybridized carbons (Fsp3) is 0.154. The van der Waals surface area contributed by atoms with Gasteiger partial charge >= 0.3 is 0 Å². The van der Waals surface area contributed by atoms with Gasteiger partial charge in [-0.25, -0.2) is 0 Å². The summed E-state index contributed by atoms with van der Waals surface area (Å²) >= 11 is 0. The van der Waals surface area contributed by atoms with Gasteiger partial charge in [-0.15, -0.1) is 0 Å². The number of amides is 1. The molecule has 0 saturated heterocycles. The lowest BCUT2D eigenvalue weighted by molar-refractivity contribution is 0.0949. The van der Waals surface area contributed by atoms with Crippen molar-refractivity contribution < 1.29 is 15.0 Å². The van der Waals surface area contributed by atoms with Crippen LogP contribution in [0.3, 0.4) is 0 Å². The molecule has 2 aromatic rings. The van der Waals surface area contributed by atoms with E-state index in [1.165, 1.54) is 18.2 Å². The summed E-state index contributed by atoms with van der Waals surface area (Å²) in [5.41, 5.74) is 1.28. The number of aryl methyl sites for hydroxylation is 1. The van der Waals surface area contributed by atoms with E-state index >= 15 is 0 Å². The number of nitrogens with zero attached hydrogens (tertiary/aromatic N) is 1. The van der Waals surface area contributed by atoms with Crippen LogP contribution < -0.4 is 5.32 Å². The van der Waals surface area contributed by atoms with Crippen molar-refractivity contribution in [3.8, 4) is 11.5 Å². The summed E-state index contributed by atoms with van der Waals surface area (Å²) in [4.78, 5) is 11.8. The summed E-state index contributed by atoms with van der Waals surface area (Å²) in [6.45, 7) is 0.407. The van der Waals surface area contributed by atoms with Crippen molar-refractivity contribution in [1.82, 2.24) is 9.88 Å². The minimum atomic E-state index is -0.304. The molecule has 1 aromatic carbocycles. The first kappa shape index (κ1) is 12.0. The molecule has 2 rings (SSSR count). The van der Waals surface area contributed by atoms with Crippen molar-refractivity contribution in [2.45, 2.75) is 6.54 Å². The van der Waals surface area contributed by atoms with Crippen molar-refractivity contribution in [3.05, 3.63) is 47.8 Å². The van der Waals surface area contributed by atoms with E-state index in [-0.39, 0.29) is 17.4 Å². The maximum Gasteiger partial charge on any atom is 0.251 e. The normalized spacial score (nSPS) is 10.3. The Morgan fingerprint density at radius 1 is 1.28 bits per heavy atom. The fourth-order valence-electron chi connectivity index (χ4n) is 1.62. The van der Waals surface area contributed by atoms with Crippen molar-refractivity contribution in [2.24, 2.45) is 7.05 Å². The molecular weight excluding hydrogens is 232 g/mol. The summed E-state index contributed by atoms with van der Waals surface area (Å²) in [6, 6.07) is 7.78. The Labute approximate surface area is 104 Å². The molecule has 0 aliphatic carbocycles. The molecular formula is C13H14N2O3. The first-order valence-electron chi connectivity index (χ1n) is 5.48. The summed E-state index contributed by atoms with van der Waals surface area (Å²) in [7, 11) is 1.90. The number of carbonyl (C=O) groups is 1. The Bertz CT molecular complexity index is 575. The summed E-state index contributed by atoms with van der Waals surface area (Å²) in [5.74, 6) is -0.845. The third-order valence-corrected chi connectivity index (χ3v) is 2.72. The monoisotopic (exact) mass is 246 g/mol. The Morgan fingerprint density at radius 3 is 2.67 bits per heavy atom. The van der Waals surface area contributed by atoms with Gasteiger partial charge in [0.25, 0.3) is 5.91 Å². The third-order valence-electron chi connectivity index (χ3n) is 2.72. The lowest BCUT2D eigenvalue weighted by Gasteiger charge is -2.07. The van der Waals surface area contributed by atoms with Crippen LogP contribution in [0.25, 0.3) is 0 Å². The Balaban J connectivity index is 2.04. The molecule has 5 nitrogen and oxygen atoms in total. The predicted molar refractivity (Wildman–Crippen MR) is 66.4 cm³/mol. The SMILES string of the molecule is Cn1cccc1CNC(=O)c1ccc(O)c(O)c1. The van der Waals surface area contributed by atoms with Crippen molar-refractivity contribution in [3.63, 3.8) is 0 Å². The van der Waals surface area contributed by atoms with Gasteiger partial charge in [0.15, 0.2) is 11.5 Å². The van der Waals surface area contributed by atoms with Crippen LogP contribution in [-0.2, 0) is 13.6 Å². The Kier molecular flexibility index (Phi) is 3.23. The van der Waals surface area contributed by atoms with Crippen molar-refractivity contribution in [2.75, 3.05) is 0 Å². The number of aromatic nitrogens is 1. The number of aromatic hydroxyl groups is 2. The zero-order valence-electron chi connectivity index (χ0n) is 9.92. The lowest BCUT2D eigenvalue weighted by Crippen LogP contribution is -2.23. The highest BCUT2D eigenvalue weighted by atomic mass is 16.3. The van der Waals surface area contributed by atoms with Crippen LogP contribution in [0.4, 0.5) is 0 Å². The van der Waals surface area contributed by atoms with Gasteiger partial charge in [0, 0.05) is 24.5 Å². The molecule has 0 unspecified atom stereocenters. The highest BCUT2D eigenvalue weighted by Gasteiger charge is 2.08. The van der Waals surface area contributed by atoms with Crippen LogP contribution in [0.5, 0.6) is 11.5 Å². The molecule has 1 amide bonds. The van der Waals surface area contributed by atoms with Gasteiger partial charge in [-0.3, -0.25) is 4.79 Å². The summed E-state index contributed by atoms with van der Waals surface area (Å²) in [5, 5.41) is 21.2. The Morgan fingerprint density at radius 2 is 2.06 bits per heavy atom. The van der Waals surface area contributed by atoms with Crippen LogP contribution >= 0.6 is 0 Å². The number of carbonyl (C=O) groups excluding carboxylic acids is 1. The zero-order valence-corrected chi connectivity index (χ0v) is 9.92. The third kappa shape index (κ3) is 2.45. The van der Waals surface area contributed by atoms with Crippen LogP contribution in [0.2, 0.25) is 0 Å². The Hall–Kier alpha value is -2.43. The van der Waals surface area contributed by atoms with E-state index in [1.807, 2.05) is 29.9 Å². The van der Waals surface area contributed by atoms with E-state index < -0.39 is 0 Å². The second kappa shape index (κ2) is 4.83. The number of benzene rings is 1. The standard InChI is InChI=1S/C13H14N2O3/c1-15-6-2-3-10(15)8-14-13(18)9-4-5-11(16)12(17)7-9/h2-7,16-17H,8H2,1H3,(H,14,18). The second-order valence-corrected chi connectivity index (χ2v) is 4.00. The maximum absolute atomic E-state index is 11.8. The summed E-state index contributed by atoms with van der Waals surface area (Å²) in [6.07, 6.45) is 1.90. The smallest absolute Gasteiger partial charge is 0.251 e. The number of phenolic OH excluding ortho intramolecular Hbond substituents is 2. The molecule has 1 aromatic heterocycles. The van der Waals surface area contributed by atoms with Crippen LogP contribution in [0, 0.1) is 0 Å². The van der Waals surface area contributed by atoms with E-state index in [2.05, 4.69) is 5.32 Å². The lowest BCUT2D eigenvalue weighted by atomic mass is 10.2. The zero-order chi connectivity index (χ0) is 13.1. The molecule has 0 atom stereocenters. The quantitative estimate of drug-likeness (QED) is 0.716. The first-order valence-corrected chi connectivity index (χ1v) is 5.48. The number of hydrogen-bond donors (Lipinski definition) is 3. The second-order valence-electron chi connectivity index (χ2n) is 4.00. The molecule has 0 aliphatic rings. The van der Waals surface area contributed by atoms with E-state index in [4.69, 9.17) is 5.11 Å². The topological polar surface area (TPSA) is 74.5 Å². The molecule has 5 heteroatoms. The van der Waals surface area contributed by atoms with Gasteiger partial charge in [0.2, 0.25) is 0 Å². The molecule has 0 saturated carbocycles. The number of hydrogen-bond acceptors (Lipinski definition) is 3. The van der Waals surface area contributed by atoms with Gasteiger partial charge in [-0.1, -0.05) is 0 Å². The van der Waals surface area contributed by atoms with E-state index in [1.54, 1.807) is 0 Å². The predicted octanol–water partition coefficient (Wildman–Crippen LogP) is 1.37. The van der Waals surface area contributed by atoms with Crippen molar-refractivity contribution >= 4 is 5.91 Å². The molecule has 94 valence electrons. The number of phenols is 2. The van der Waals surface area contributed by atoms with E-state index in [0.717, 1.165) is 5.69 Å². The highest BCUT2D eigenvalue weighted by Crippen LogP contribution is 2.24. The highest BCUT2D eigenvalue weighted by molar-refractivity contribution is 5.94. The van der Waals surface area contributed by atoms with Gasteiger partial charge in [0.05, 0.1) is 6.54 Å². The molecule has 1 heterocycles. The average molecular weight is 246 g/mol. The van der Waals surface area contributed by atoms with Crippen LogP contribution in [0.1, 0.15) is 16.1 Å². The molecule has 0 spiro atoms. The first-order chi connectivity index (χ1) is 8.58. The average Bonchev–Trinajstić information content (AvgIpc) is 2.75. The minimum Gasteiger partial charge on any atom is -0.504 e. The molecule has 3 N–H and O–H groups in total. The van der Waals surface area contributed by atoms with Crippen LogP contribution in [-0.4, -0.2) is 20.7 Å². The van der Waals surface area contributed by atoms with Gasteiger partial charge in [0.1, 0.15) is 0 Å². The largest absolute Gasteiger partial charge is 0.504 e. The van der Waals surface area contributed by atoms with E-state index in [0.29, 0.717) is 12.1 Å². The van der Waals surface area contributed by atoms with Gasteiger partial charge < -0.3 is 20.1 Å². The minimum absolute atomic E-state index is 0.242.